The minimum Gasteiger partial charge on any atom is -0.469 e. The molecule has 0 spiro atoms. The number of likely N-dealkylation sites (tertiary alicyclic amines) is 1. The number of hydrogen-bond acceptors (Lipinski definition) is 7. The first-order valence-corrected chi connectivity index (χ1v) is 17.2. The van der Waals surface area contributed by atoms with Crippen molar-refractivity contribution in [3.63, 3.8) is 0 Å². The number of methoxy groups -OCH3 is 1. The van der Waals surface area contributed by atoms with Crippen LogP contribution in [0.5, 0.6) is 0 Å². The Hall–Kier alpha value is -2.89. The summed E-state index contributed by atoms with van der Waals surface area (Å²) in [6.07, 6.45) is 6.95. The third kappa shape index (κ3) is 5.58. The lowest BCUT2D eigenvalue weighted by Crippen LogP contribution is -2.54. The minimum atomic E-state index is -3.14. The van der Waals surface area contributed by atoms with Gasteiger partial charge < -0.3 is 14.5 Å². The minimum absolute atomic E-state index is 0.159. The molecule has 0 bridgehead atoms. The van der Waals surface area contributed by atoms with Crippen LogP contribution in [0, 0.1) is 35.0 Å². The van der Waals surface area contributed by atoms with Crippen LogP contribution in [0.4, 0.5) is 5.69 Å². The zero-order chi connectivity index (χ0) is 29.3. The van der Waals surface area contributed by atoms with Crippen LogP contribution >= 0.6 is 0 Å². The number of sulfone groups is 1. The van der Waals surface area contributed by atoms with Crippen molar-refractivity contribution >= 4 is 21.5 Å². The molecule has 8 heteroatoms. The van der Waals surface area contributed by atoms with Gasteiger partial charge in [0, 0.05) is 37.7 Å². The van der Waals surface area contributed by atoms with E-state index in [0.29, 0.717) is 17.2 Å². The number of nitriles is 1. The van der Waals surface area contributed by atoms with Crippen molar-refractivity contribution in [1.29, 1.82) is 5.26 Å². The van der Waals surface area contributed by atoms with Crippen molar-refractivity contribution in [3.05, 3.63) is 60.2 Å². The standard InChI is InChI=1S/C34H43N3O4S/c1-41-33(38)20-26-6-5-9-32(26)34(24-35,27-7-3-2-4-8-27)28-16-18-36(19-17-28)21-25-22-37(23-25)29-10-12-30(13-11-29)42(39,40)31-14-15-31/h2-4,7-8,10-13,25-26,28,31-32H,5-6,9,14-23H2,1H3/t26-,32-,34?/m1/s1. The first-order chi connectivity index (χ1) is 20.3. The van der Waals surface area contributed by atoms with Crippen molar-refractivity contribution in [2.24, 2.45) is 23.7 Å². The Labute approximate surface area is 250 Å². The monoisotopic (exact) mass is 589 g/mol. The molecule has 42 heavy (non-hydrogen) atoms. The maximum Gasteiger partial charge on any atom is 0.305 e. The summed E-state index contributed by atoms with van der Waals surface area (Å²) in [6.45, 7) is 4.99. The molecule has 0 radical (unpaired) electrons. The molecular weight excluding hydrogens is 546 g/mol. The molecule has 4 aliphatic rings. The van der Waals surface area contributed by atoms with Crippen LogP contribution in [0.15, 0.2) is 59.5 Å². The predicted molar refractivity (Wildman–Crippen MR) is 163 cm³/mol. The maximum absolute atomic E-state index is 12.5. The van der Waals surface area contributed by atoms with Crippen molar-refractivity contribution in [3.8, 4) is 6.07 Å². The van der Waals surface area contributed by atoms with Crippen LogP contribution in [-0.4, -0.2) is 64.4 Å². The number of ether oxygens (including phenoxy) is 1. The van der Waals surface area contributed by atoms with Crippen LogP contribution in [0.1, 0.15) is 56.9 Å². The van der Waals surface area contributed by atoms with Crippen molar-refractivity contribution < 1.29 is 17.9 Å². The summed E-state index contributed by atoms with van der Waals surface area (Å²) in [5, 5.41) is 10.7. The number of piperidine rings is 1. The van der Waals surface area contributed by atoms with Gasteiger partial charge in [-0.25, -0.2) is 8.42 Å². The molecule has 224 valence electrons. The predicted octanol–water partition coefficient (Wildman–Crippen LogP) is 5.21. The highest BCUT2D eigenvalue weighted by atomic mass is 32.2. The van der Waals surface area contributed by atoms with Gasteiger partial charge in [0.25, 0.3) is 0 Å². The molecule has 2 aliphatic heterocycles. The van der Waals surface area contributed by atoms with E-state index >= 15 is 0 Å². The molecule has 0 aromatic heterocycles. The number of benzene rings is 2. The first kappa shape index (κ1) is 29.2. The molecule has 0 N–H and O–H groups in total. The Morgan fingerprint density at radius 2 is 1.67 bits per heavy atom. The molecule has 3 atom stereocenters. The third-order valence-corrected chi connectivity index (χ3v) is 12.8. The van der Waals surface area contributed by atoms with Gasteiger partial charge in [-0.3, -0.25) is 4.79 Å². The highest BCUT2D eigenvalue weighted by Gasteiger charge is 2.52. The molecule has 2 saturated carbocycles. The second kappa shape index (κ2) is 12.0. The average Bonchev–Trinajstić information content (AvgIpc) is 3.77. The van der Waals surface area contributed by atoms with E-state index < -0.39 is 15.3 Å². The maximum atomic E-state index is 12.5. The topological polar surface area (TPSA) is 90.7 Å². The summed E-state index contributed by atoms with van der Waals surface area (Å²) in [5.41, 5.74) is 1.62. The van der Waals surface area contributed by atoms with E-state index in [0.717, 1.165) is 88.9 Å². The average molecular weight is 590 g/mol. The summed E-state index contributed by atoms with van der Waals surface area (Å²) >= 11 is 0. The van der Waals surface area contributed by atoms with E-state index in [-0.39, 0.29) is 29.0 Å². The van der Waals surface area contributed by atoms with Crippen molar-refractivity contribution in [2.45, 2.75) is 66.9 Å². The number of rotatable bonds is 10. The summed E-state index contributed by atoms with van der Waals surface area (Å²) < 4.78 is 30.0. The van der Waals surface area contributed by atoms with Gasteiger partial charge in [-0.15, -0.1) is 0 Å². The number of esters is 1. The molecule has 6 rings (SSSR count). The zero-order valence-electron chi connectivity index (χ0n) is 24.7. The third-order valence-electron chi connectivity index (χ3n) is 10.5. The van der Waals surface area contributed by atoms with Gasteiger partial charge in [0.2, 0.25) is 0 Å². The molecule has 2 saturated heterocycles. The van der Waals surface area contributed by atoms with Crippen molar-refractivity contribution in [2.75, 3.05) is 44.7 Å². The number of nitrogens with zero attached hydrogens (tertiary/aromatic N) is 3. The van der Waals surface area contributed by atoms with Gasteiger partial charge in [0.05, 0.1) is 28.7 Å². The highest BCUT2D eigenvalue weighted by molar-refractivity contribution is 7.92. The van der Waals surface area contributed by atoms with Gasteiger partial charge in [-0.1, -0.05) is 36.8 Å². The van der Waals surface area contributed by atoms with E-state index in [1.807, 2.05) is 30.3 Å². The number of carbonyl (C=O) groups excluding carboxylic acids is 1. The number of hydrogen-bond donors (Lipinski definition) is 0. The quantitative estimate of drug-likeness (QED) is 0.351. The fourth-order valence-corrected chi connectivity index (χ4v) is 9.79. The summed E-state index contributed by atoms with van der Waals surface area (Å²) in [4.78, 5) is 17.6. The lowest BCUT2D eigenvalue weighted by Gasteiger charge is -2.48. The molecule has 1 unspecified atom stereocenters. The van der Waals surface area contributed by atoms with E-state index in [1.54, 1.807) is 12.1 Å². The zero-order valence-corrected chi connectivity index (χ0v) is 25.5. The lowest BCUT2D eigenvalue weighted by molar-refractivity contribution is -0.142. The smallest absolute Gasteiger partial charge is 0.305 e. The molecule has 2 aromatic rings. The molecule has 2 heterocycles. The molecule has 0 amide bonds. The molecule has 7 nitrogen and oxygen atoms in total. The Bertz CT molecular complexity index is 1390. The van der Waals surface area contributed by atoms with E-state index in [4.69, 9.17) is 4.74 Å². The summed E-state index contributed by atoms with van der Waals surface area (Å²) in [6, 6.07) is 20.7. The van der Waals surface area contributed by atoms with Gasteiger partial charge in [0.15, 0.2) is 9.84 Å². The van der Waals surface area contributed by atoms with Crippen LogP contribution in [0.3, 0.4) is 0 Å². The largest absolute Gasteiger partial charge is 0.469 e. The van der Waals surface area contributed by atoms with Crippen LogP contribution in [-0.2, 0) is 24.8 Å². The molecule has 2 aromatic carbocycles. The summed E-state index contributed by atoms with van der Waals surface area (Å²) in [5.74, 6) is 1.01. The van der Waals surface area contributed by atoms with Gasteiger partial charge in [-0.2, -0.15) is 5.26 Å². The van der Waals surface area contributed by atoms with Crippen LogP contribution < -0.4 is 4.90 Å². The summed E-state index contributed by atoms with van der Waals surface area (Å²) in [7, 11) is -1.69. The van der Waals surface area contributed by atoms with Crippen molar-refractivity contribution in [1.82, 2.24) is 4.90 Å². The Balaban J connectivity index is 1.07. The van der Waals surface area contributed by atoms with Gasteiger partial charge >= 0.3 is 5.97 Å². The van der Waals surface area contributed by atoms with E-state index in [9.17, 15) is 18.5 Å². The fraction of sp³-hybridized carbons (Fsp3) is 0.588. The van der Waals surface area contributed by atoms with E-state index in [2.05, 4.69) is 28.0 Å². The second-order valence-corrected chi connectivity index (χ2v) is 15.2. The first-order valence-electron chi connectivity index (χ1n) is 15.7. The fourth-order valence-electron chi connectivity index (χ4n) is 8.13. The number of anilines is 1. The normalized spacial score (nSPS) is 25.4. The Morgan fingerprint density at radius 3 is 2.29 bits per heavy atom. The molecular formula is C34H43N3O4S. The van der Waals surface area contributed by atoms with Gasteiger partial charge in [0.1, 0.15) is 0 Å². The van der Waals surface area contributed by atoms with Gasteiger partial charge in [-0.05, 0) is 99.2 Å². The second-order valence-electron chi connectivity index (χ2n) is 13.0. The number of carbonyl (C=O) groups is 1. The SMILES string of the molecule is COC(=O)C[C@H]1CCC[C@H]1C(C#N)(c1ccccc1)C1CCN(CC2CN(c3ccc(S(=O)(=O)C4CC4)cc3)C2)CC1. The Morgan fingerprint density at radius 1 is 0.976 bits per heavy atom. The molecule has 2 aliphatic carbocycles. The highest BCUT2D eigenvalue weighted by Crippen LogP contribution is 2.53. The molecule has 4 fully saturated rings. The van der Waals surface area contributed by atoms with Crippen LogP contribution in [0.25, 0.3) is 0 Å². The Kier molecular flexibility index (Phi) is 8.35. The lowest BCUT2D eigenvalue weighted by atomic mass is 9.58. The van der Waals surface area contributed by atoms with E-state index in [1.165, 1.54) is 7.11 Å². The van der Waals surface area contributed by atoms with Crippen LogP contribution in [0.2, 0.25) is 0 Å².